The van der Waals surface area contributed by atoms with Gasteiger partial charge in [0.15, 0.2) is 5.78 Å². The lowest BCUT2D eigenvalue weighted by molar-refractivity contribution is -0.176. The Kier molecular flexibility index (Phi) is 2.13. The number of rotatable bonds is 1. The van der Waals surface area contributed by atoms with Crippen LogP contribution in [0, 0.1) is 10.8 Å². The molecule has 1 unspecified atom stereocenters. The summed E-state index contributed by atoms with van der Waals surface area (Å²) in [4.78, 5) is 25.3. The van der Waals surface area contributed by atoms with E-state index in [1.54, 1.807) is 0 Å². The Morgan fingerprint density at radius 2 is 1.64 bits per heavy atom. The maximum atomic E-state index is 12.9. The van der Waals surface area contributed by atoms with Gasteiger partial charge in [-0.3, -0.25) is 9.59 Å². The second-order valence-electron chi connectivity index (χ2n) is 6.92. The normalized spacial score (nSPS) is 27.2. The van der Waals surface area contributed by atoms with Crippen molar-refractivity contribution >= 4 is 22.5 Å². The van der Waals surface area contributed by atoms with E-state index >= 15 is 0 Å². The van der Waals surface area contributed by atoms with Crippen LogP contribution in [-0.2, 0) is 14.3 Å². The molecule has 2 saturated carbocycles. The molecule has 1 saturated heterocycles. The van der Waals surface area contributed by atoms with Crippen LogP contribution >= 0.6 is 0 Å². The first kappa shape index (κ1) is 12.4. The van der Waals surface area contributed by atoms with Gasteiger partial charge in [-0.25, -0.2) is 0 Å². The molecule has 0 bridgehead atoms. The summed E-state index contributed by atoms with van der Waals surface area (Å²) >= 11 is 0. The van der Waals surface area contributed by atoms with Crippen molar-refractivity contribution in [2.45, 2.75) is 31.8 Å². The maximum Gasteiger partial charge on any atom is 0.320 e. The molecule has 22 heavy (non-hydrogen) atoms. The highest BCUT2D eigenvalue weighted by Gasteiger charge is 2.73. The first-order valence-electron chi connectivity index (χ1n) is 7.91. The predicted molar refractivity (Wildman–Crippen MR) is 81.1 cm³/mol. The van der Waals surface area contributed by atoms with Crippen LogP contribution in [0.25, 0.3) is 10.8 Å². The second-order valence-corrected chi connectivity index (χ2v) is 6.92. The average Bonchev–Trinajstić information content (AvgIpc) is 3.45. The molecule has 0 radical (unpaired) electrons. The van der Waals surface area contributed by atoms with Crippen molar-refractivity contribution in [2.24, 2.45) is 10.8 Å². The average molecular weight is 292 g/mol. The lowest BCUT2D eigenvalue weighted by Gasteiger charge is -2.35. The largest absolute Gasteiger partial charge is 0.456 e. The molecule has 3 fully saturated rings. The van der Waals surface area contributed by atoms with Gasteiger partial charge in [0.1, 0.15) is 11.5 Å². The van der Waals surface area contributed by atoms with Gasteiger partial charge in [-0.2, -0.15) is 0 Å². The SMILES string of the molecule is O=C1OC(c2cccc3ccccc23)C2(CC2)C(=O)C12CC2. The van der Waals surface area contributed by atoms with Crippen LogP contribution in [0.3, 0.4) is 0 Å². The third-order valence-electron chi connectivity index (χ3n) is 5.65. The summed E-state index contributed by atoms with van der Waals surface area (Å²) in [7, 11) is 0. The number of cyclic esters (lactones) is 1. The zero-order chi connectivity index (χ0) is 14.9. The molecule has 3 heteroatoms. The zero-order valence-corrected chi connectivity index (χ0v) is 12.2. The molecule has 1 heterocycles. The van der Waals surface area contributed by atoms with Crippen molar-refractivity contribution < 1.29 is 14.3 Å². The van der Waals surface area contributed by atoms with E-state index in [2.05, 4.69) is 0 Å². The Bertz CT molecular complexity index is 822. The maximum absolute atomic E-state index is 12.9. The topological polar surface area (TPSA) is 43.4 Å². The molecular weight excluding hydrogens is 276 g/mol. The first-order valence-corrected chi connectivity index (χ1v) is 7.91. The third kappa shape index (κ3) is 1.37. The quantitative estimate of drug-likeness (QED) is 0.596. The van der Waals surface area contributed by atoms with Crippen LogP contribution in [-0.4, -0.2) is 11.8 Å². The van der Waals surface area contributed by atoms with Gasteiger partial charge in [0.25, 0.3) is 0 Å². The van der Waals surface area contributed by atoms with Crippen LogP contribution in [0.2, 0.25) is 0 Å². The highest BCUT2D eigenvalue weighted by atomic mass is 16.6. The summed E-state index contributed by atoms with van der Waals surface area (Å²) in [5.41, 5.74) is -0.251. The van der Waals surface area contributed by atoms with Gasteiger partial charge in [-0.05, 0) is 36.5 Å². The summed E-state index contributed by atoms with van der Waals surface area (Å²) < 4.78 is 5.85. The number of carbonyl (C=O) groups is 2. The van der Waals surface area contributed by atoms with Crippen LogP contribution in [0.15, 0.2) is 42.5 Å². The molecule has 5 rings (SSSR count). The van der Waals surface area contributed by atoms with Crippen molar-refractivity contribution in [1.82, 2.24) is 0 Å². The third-order valence-corrected chi connectivity index (χ3v) is 5.65. The van der Waals surface area contributed by atoms with E-state index in [4.69, 9.17) is 4.74 Å². The Labute approximate surface area is 128 Å². The zero-order valence-electron chi connectivity index (χ0n) is 12.2. The van der Waals surface area contributed by atoms with Crippen LogP contribution in [0.5, 0.6) is 0 Å². The summed E-state index contributed by atoms with van der Waals surface area (Å²) in [6.45, 7) is 0. The molecule has 0 aromatic heterocycles. The minimum atomic E-state index is -0.780. The van der Waals surface area contributed by atoms with E-state index in [1.165, 1.54) is 0 Å². The molecule has 1 atom stereocenters. The lowest BCUT2D eigenvalue weighted by atomic mass is 9.77. The van der Waals surface area contributed by atoms with Crippen molar-refractivity contribution in [2.75, 3.05) is 0 Å². The molecule has 2 aliphatic carbocycles. The molecular formula is C19H16O3. The Hall–Kier alpha value is -2.16. The first-order chi connectivity index (χ1) is 10.7. The number of carbonyl (C=O) groups excluding carboxylic acids is 2. The number of hydrogen-bond donors (Lipinski definition) is 0. The molecule has 110 valence electrons. The fourth-order valence-corrected chi connectivity index (χ4v) is 4.04. The minimum absolute atomic E-state index is 0.147. The molecule has 3 aliphatic rings. The van der Waals surface area contributed by atoms with Crippen molar-refractivity contribution in [3.63, 3.8) is 0 Å². The fraction of sp³-hybridized carbons (Fsp3) is 0.368. The van der Waals surface area contributed by atoms with Crippen molar-refractivity contribution in [3.05, 3.63) is 48.0 Å². The second kappa shape index (κ2) is 3.78. The number of fused-ring (bicyclic) bond motifs is 1. The van der Waals surface area contributed by atoms with Gasteiger partial charge >= 0.3 is 5.97 Å². The Balaban J connectivity index is 1.68. The molecule has 0 amide bonds. The van der Waals surface area contributed by atoms with Gasteiger partial charge in [0.2, 0.25) is 0 Å². The molecule has 0 N–H and O–H groups in total. The summed E-state index contributed by atoms with van der Waals surface area (Å²) in [5, 5.41) is 2.19. The van der Waals surface area contributed by atoms with Crippen LogP contribution < -0.4 is 0 Å². The van der Waals surface area contributed by atoms with E-state index in [-0.39, 0.29) is 11.8 Å². The van der Waals surface area contributed by atoms with Crippen LogP contribution in [0.4, 0.5) is 0 Å². The molecule has 2 aromatic rings. The number of hydrogen-bond acceptors (Lipinski definition) is 3. The fourth-order valence-electron chi connectivity index (χ4n) is 4.04. The van der Waals surface area contributed by atoms with Gasteiger partial charge in [0, 0.05) is 5.56 Å². The van der Waals surface area contributed by atoms with E-state index in [9.17, 15) is 9.59 Å². The lowest BCUT2D eigenvalue weighted by Crippen LogP contribution is -2.44. The number of benzene rings is 2. The summed E-state index contributed by atoms with van der Waals surface area (Å²) in [5.74, 6) is -0.151. The minimum Gasteiger partial charge on any atom is -0.456 e. The van der Waals surface area contributed by atoms with Gasteiger partial charge in [-0.1, -0.05) is 42.5 Å². The van der Waals surface area contributed by atoms with E-state index in [1.807, 2.05) is 42.5 Å². The van der Waals surface area contributed by atoms with Gasteiger partial charge in [0.05, 0.1) is 5.41 Å². The Morgan fingerprint density at radius 3 is 2.36 bits per heavy atom. The predicted octanol–water partition coefficient (Wildman–Crippen LogP) is 3.57. The molecule has 2 spiro atoms. The summed E-state index contributed by atoms with van der Waals surface area (Å²) in [6, 6.07) is 14.1. The van der Waals surface area contributed by atoms with Crippen LogP contribution in [0.1, 0.15) is 37.4 Å². The number of Topliss-reactive ketones (excluding diaryl/α,β-unsaturated/α-hetero) is 1. The Morgan fingerprint density at radius 1 is 0.909 bits per heavy atom. The highest BCUT2D eigenvalue weighted by Crippen LogP contribution is 2.68. The molecule has 2 aromatic carbocycles. The standard InChI is InChI=1S/C19H16O3/c20-16-18(8-9-18)15(22-17(21)19(16)10-11-19)14-7-3-5-12-4-1-2-6-13(12)14/h1-7,15H,8-11H2. The van der Waals surface area contributed by atoms with Gasteiger partial charge < -0.3 is 4.74 Å². The van der Waals surface area contributed by atoms with Crippen molar-refractivity contribution in [3.8, 4) is 0 Å². The van der Waals surface area contributed by atoms with E-state index < -0.39 is 16.9 Å². The number of ketones is 1. The van der Waals surface area contributed by atoms with E-state index in [0.717, 1.165) is 29.2 Å². The van der Waals surface area contributed by atoms with Crippen molar-refractivity contribution in [1.29, 1.82) is 0 Å². The van der Waals surface area contributed by atoms with E-state index in [0.29, 0.717) is 12.8 Å². The number of esters is 1. The highest BCUT2D eigenvalue weighted by molar-refractivity contribution is 6.12. The summed E-state index contributed by atoms with van der Waals surface area (Å²) in [6.07, 6.45) is 2.62. The monoisotopic (exact) mass is 292 g/mol. The molecule has 3 nitrogen and oxygen atoms in total. The molecule has 1 aliphatic heterocycles. The smallest absolute Gasteiger partial charge is 0.320 e. The number of ether oxygens (including phenoxy) is 1. The van der Waals surface area contributed by atoms with Gasteiger partial charge in [-0.15, -0.1) is 0 Å².